The standard InChI is InChI=1S/C16H16N2O4S2/c1-3-18-13-9-8-11(10-14(13)22-16(18)19)24(20,21)17-12-6-4-5-7-15(12)23-2/h4-10,17H,3H2,1-2H3. The third-order valence-corrected chi connectivity index (χ3v) is 5.78. The molecule has 0 saturated heterocycles. The molecular weight excluding hydrogens is 348 g/mol. The van der Waals surface area contributed by atoms with E-state index in [0.717, 1.165) is 4.90 Å². The van der Waals surface area contributed by atoms with Gasteiger partial charge in [0.2, 0.25) is 0 Å². The van der Waals surface area contributed by atoms with Crippen LogP contribution in [0.2, 0.25) is 0 Å². The number of nitrogens with zero attached hydrogens (tertiary/aromatic N) is 1. The van der Waals surface area contributed by atoms with Crippen LogP contribution in [0.4, 0.5) is 5.69 Å². The smallest absolute Gasteiger partial charge is 0.408 e. The minimum Gasteiger partial charge on any atom is -0.408 e. The zero-order valence-corrected chi connectivity index (χ0v) is 14.8. The summed E-state index contributed by atoms with van der Waals surface area (Å²) in [5, 5.41) is 0. The maximum Gasteiger partial charge on any atom is 0.419 e. The van der Waals surface area contributed by atoms with E-state index in [9.17, 15) is 13.2 Å². The molecule has 24 heavy (non-hydrogen) atoms. The fraction of sp³-hybridized carbons (Fsp3) is 0.188. The van der Waals surface area contributed by atoms with Gasteiger partial charge in [-0.1, -0.05) is 12.1 Å². The lowest BCUT2D eigenvalue weighted by molar-refractivity contribution is 0.512. The van der Waals surface area contributed by atoms with Gasteiger partial charge in [0.05, 0.1) is 16.1 Å². The lowest BCUT2D eigenvalue weighted by Gasteiger charge is -2.11. The first-order valence-electron chi connectivity index (χ1n) is 7.25. The summed E-state index contributed by atoms with van der Waals surface area (Å²) >= 11 is 1.45. The van der Waals surface area contributed by atoms with Crippen LogP contribution in [-0.2, 0) is 16.6 Å². The van der Waals surface area contributed by atoms with Crippen molar-refractivity contribution in [1.82, 2.24) is 4.57 Å². The van der Waals surface area contributed by atoms with Crippen LogP contribution in [-0.4, -0.2) is 19.2 Å². The third-order valence-electron chi connectivity index (χ3n) is 3.62. The van der Waals surface area contributed by atoms with Crippen molar-refractivity contribution in [3.8, 4) is 0 Å². The van der Waals surface area contributed by atoms with E-state index in [1.165, 1.54) is 28.5 Å². The highest BCUT2D eigenvalue weighted by atomic mass is 32.2. The molecular formula is C16H16N2O4S2. The Kier molecular flexibility index (Phi) is 4.42. The van der Waals surface area contributed by atoms with Crippen LogP contribution in [0.5, 0.6) is 0 Å². The number of aromatic nitrogens is 1. The number of oxazole rings is 1. The molecule has 0 bridgehead atoms. The molecule has 3 rings (SSSR count). The second-order valence-electron chi connectivity index (χ2n) is 5.05. The van der Waals surface area contributed by atoms with Crippen LogP contribution in [0.3, 0.4) is 0 Å². The van der Waals surface area contributed by atoms with Crippen molar-refractivity contribution in [1.29, 1.82) is 0 Å². The fourth-order valence-corrected chi connectivity index (χ4v) is 4.16. The van der Waals surface area contributed by atoms with Crippen LogP contribution in [0.15, 0.2) is 61.5 Å². The number of fused-ring (bicyclic) bond motifs is 1. The van der Waals surface area contributed by atoms with Crippen molar-refractivity contribution in [2.45, 2.75) is 23.3 Å². The van der Waals surface area contributed by atoms with Crippen molar-refractivity contribution in [2.75, 3.05) is 11.0 Å². The number of nitrogens with one attached hydrogen (secondary N) is 1. The minimum atomic E-state index is -3.78. The molecule has 126 valence electrons. The van der Waals surface area contributed by atoms with E-state index in [0.29, 0.717) is 17.7 Å². The highest BCUT2D eigenvalue weighted by Crippen LogP contribution is 2.27. The summed E-state index contributed by atoms with van der Waals surface area (Å²) in [5.41, 5.74) is 1.34. The topological polar surface area (TPSA) is 81.3 Å². The molecule has 0 unspecified atom stereocenters. The van der Waals surface area contributed by atoms with Gasteiger partial charge in [0.1, 0.15) is 0 Å². The second kappa shape index (κ2) is 6.37. The number of aryl methyl sites for hydroxylation is 1. The molecule has 0 aliphatic carbocycles. The van der Waals surface area contributed by atoms with Crippen molar-refractivity contribution >= 4 is 38.6 Å². The fourth-order valence-electron chi connectivity index (χ4n) is 2.45. The van der Waals surface area contributed by atoms with Crippen molar-refractivity contribution in [3.63, 3.8) is 0 Å². The first kappa shape index (κ1) is 16.7. The number of thioether (sulfide) groups is 1. The minimum absolute atomic E-state index is 0.0444. The Morgan fingerprint density at radius 3 is 2.67 bits per heavy atom. The van der Waals surface area contributed by atoms with Crippen molar-refractivity contribution < 1.29 is 12.8 Å². The molecule has 1 heterocycles. The number of para-hydroxylation sites is 1. The molecule has 0 fully saturated rings. The molecule has 0 saturated carbocycles. The van der Waals surface area contributed by atoms with Crippen molar-refractivity contribution in [3.05, 3.63) is 53.0 Å². The molecule has 0 amide bonds. The number of hydrogen-bond acceptors (Lipinski definition) is 5. The molecule has 3 aromatic rings. The molecule has 1 aromatic heterocycles. The molecule has 0 spiro atoms. The highest BCUT2D eigenvalue weighted by Gasteiger charge is 2.18. The number of benzene rings is 2. The van der Waals surface area contributed by atoms with Gasteiger partial charge in [-0.2, -0.15) is 0 Å². The zero-order chi connectivity index (χ0) is 17.3. The summed E-state index contributed by atoms with van der Waals surface area (Å²) in [4.78, 5) is 12.6. The normalized spacial score (nSPS) is 11.8. The first-order valence-corrected chi connectivity index (χ1v) is 9.96. The molecule has 8 heteroatoms. The van der Waals surface area contributed by atoms with Crippen LogP contribution in [0, 0.1) is 0 Å². The number of anilines is 1. The Morgan fingerprint density at radius 2 is 1.96 bits per heavy atom. The Labute approximate surface area is 143 Å². The molecule has 1 N–H and O–H groups in total. The van der Waals surface area contributed by atoms with Gasteiger partial charge in [-0.15, -0.1) is 11.8 Å². The van der Waals surface area contributed by atoms with Crippen LogP contribution in [0.1, 0.15) is 6.92 Å². The largest absolute Gasteiger partial charge is 0.419 e. The number of sulfonamides is 1. The predicted molar refractivity (Wildman–Crippen MR) is 95.2 cm³/mol. The van der Waals surface area contributed by atoms with E-state index < -0.39 is 15.8 Å². The van der Waals surface area contributed by atoms with Gasteiger partial charge >= 0.3 is 5.76 Å². The summed E-state index contributed by atoms with van der Waals surface area (Å²) in [6, 6.07) is 11.6. The van der Waals surface area contributed by atoms with E-state index in [4.69, 9.17) is 4.42 Å². The van der Waals surface area contributed by atoms with Gasteiger partial charge in [0.25, 0.3) is 10.0 Å². The van der Waals surface area contributed by atoms with Gasteiger partial charge in [-0.25, -0.2) is 13.2 Å². The Hall–Kier alpha value is -2.19. The number of hydrogen-bond donors (Lipinski definition) is 1. The van der Waals surface area contributed by atoms with Gasteiger partial charge in [0, 0.05) is 17.5 Å². The van der Waals surface area contributed by atoms with Gasteiger partial charge in [-0.3, -0.25) is 9.29 Å². The third kappa shape index (κ3) is 2.94. The monoisotopic (exact) mass is 364 g/mol. The first-order chi connectivity index (χ1) is 11.5. The zero-order valence-electron chi connectivity index (χ0n) is 13.1. The highest BCUT2D eigenvalue weighted by molar-refractivity contribution is 7.99. The quantitative estimate of drug-likeness (QED) is 0.704. The average molecular weight is 364 g/mol. The van der Waals surface area contributed by atoms with Crippen LogP contribution in [0.25, 0.3) is 11.1 Å². The summed E-state index contributed by atoms with van der Waals surface area (Å²) < 4.78 is 34.4. The van der Waals surface area contributed by atoms with E-state index in [2.05, 4.69) is 4.72 Å². The number of rotatable bonds is 5. The van der Waals surface area contributed by atoms with Gasteiger partial charge in [0.15, 0.2) is 5.58 Å². The van der Waals surface area contributed by atoms with E-state index in [1.807, 2.05) is 25.3 Å². The SMILES string of the molecule is CCn1c(=O)oc2cc(S(=O)(=O)Nc3ccccc3SC)ccc21. The summed E-state index contributed by atoms with van der Waals surface area (Å²) in [6.07, 6.45) is 1.88. The molecule has 2 aromatic carbocycles. The van der Waals surface area contributed by atoms with E-state index in [1.54, 1.807) is 18.2 Å². The van der Waals surface area contributed by atoms with Crippen LogP contribution < -0.4 is 10.5 Å². The lowest BCUT2D eigenvalue weighted by atomic mass is 10.3. The summed E-state index contributed by atoms with van der Waals surface area (Å²) in [6.45, 7) is 2.28. The van der Waals surface area contributed by atoms with E-state index in [-0.39, 0.29) is 10.5 Å². The van der Waals surface area contributed by atoms with E-state index >= 15 is 0 Å². The molecule has 0 aliphatic rings. The Bertz CT molecular complexity index is 1050. The molecule has 0 radical (unpaired) electrons. The maximum absolute atomic E-state index is 12.6. The Morgan fingerprint density at radius 1 is 1.21 bits per heavy atom. The average Bonchev–Trinajstić information content (AvgIpc) is 2.89. The predicted octanol–water partition coefficient (Wildman–Crippen LogP) is 3.14. The van der Waals surface area contributed by atoms with Crippen LogP contribution >= 0.6 is 11.8 Å². The van der Waals surface area contributed by atoms with Gasteiger partial charge in [-0.05, 0) is 37.4 Å². The molecule has 0 aliphatic heterocycles. The lowest BCUT2D eigenvalue weighted by Crippen LogP contribution is -2.13. The van der Waals surface area contributed by atoms with Crippen molar-refractivity contribution in [2.24, 2.45) is 0 Å². The second-order valence-corrected chi connectivity index (χ2v) is 7.58. The molecule has 6 nitrogen and oxygen atoms in total. The summed E-state index contributed by atoms with van der Waals surface area (Å²) in [5.74, 6) is -0.497. The maximum atomic E-state index is 12.6. The Balaban J connectivity index is 2.04. The van der Waals surface area contributed by atoms with Gasteiger partial charge < -0.3 is 4.42 Å². The molecule has 0 atom stereocenters. The summed E-state index contributed by atoms with van der Waals surface area (Å²) in [7, 11) is -3.78.